The van der Waals surface area contributed by atoms with E-state index in [1.54, 1.807) is 24.3 Å². The number of ether oxygens (including phenoxy) is 2. The molecular formula is C35H47NO6Si. The average molecular weight is 606 g/mol. The quantitative estimate of drug-likeness (QED) is 0.309. The summed E-state index contributed by atoms with van der Waals surface area (Å²) < 4.78 is 20.4. The minimum Gasteiger partial charge on any atom is -0.446 e. The molecule has 1 aromatic carbocycles. The van der Waals surface area contributed by atoms with Crippen LogP contribution in [0.25, 0.3) is 0 Å². The van der Waals surface area contributed by atoms with Gasteiger partial charge in [0.2, 0.25) is 0 Å². The molecule has 6 rings (SSSR count). The van der Waals surface area contributed by atoms with Crippen LogP contribution in [0.15, 0.2) is 53.6 Å². The van der Waals surface area contributed by atoms with Crippen LogP contribution in [0, 0.1) is 17.3 Å². The molecule has 2 spiro atoms. The molecule has 7 nitrogen and oxygen atoms in total. The molecule has 2 N–H and O–H groups in total. The van der Waals surface area contributed by atoms with E-state index < -0.39 is 43.6 Å². The van der Waals surface area contributed by atoms with Gasteiger partial charge in [-0.05, 0) is 81.3 Å². The fourth-order valence-electron chi connectivity index (χ4n) is 8.48. The topological polar surface area (TPSA) is 105 Å². The van der Waals surface area contributed by atoms with Crippen molar-refractivity contribution in [1.82, 2.24) is 0 Å². The lowest BCUT2D eigenvalue weighted by Crippen LogP contribution is -2.61. The molecular weight excluding hydrogens is 558 g/mol. The maximum absolute atomic E-state index is 14.0. The van der Waals surface area contributed by atoms with E-state index in [2.05, 4.69) is 52.9 Å². The average Bonchev–Trinajstić information content (AvgIpc) is 3.44. The van der Waals surface area contributed by atoms with Crippen molar-refractivity contribution in [1.29, 1.82) is 0 Å². The van der Waals surface area contributed by atoms with Crippen molar-refractivity contribution in [3.63, 3.8) is 0 Å². The number of rotatable bonds is 6. The van der Waals surface area contributed by atoms with Crippen LogP contribution in [0.4, 0.5) is 0 Å². The SMILES string of the molecule is CC(=O)C(N)[C@H]1C[C@@]23CC[C@@]4(O2)C(=CC[C@]2(C)[C@@H](O[Si](C)(C)C(C)(C)C)CC[C@H]24)C=C3[C@@H](OC(=O)c2ccccc2)C1=O. The first-order chi connectivity index (χ1) is 20.0. The van der Waals surface area contributed by atoms with Crippen molar-refractivity contribution in [3.8, 4) is 0 Å². The Morgan fingerprint density at radius 2 is 1.81 bits per heavy atom. The molecule has 3 fully saturated rings. The van der Waals surface area contributed by atoms with Crippen molar-refractivity contribution in [2.45, 2.75) is 121 Å². The van der Waals surface area contributed by atoms with Crippen LogP contribution in [0.3, 0.4) is 0 Å². The predicted octanol–water partition coefficient (Wildman–Crippen LogP) is 6.08. The predicted molar refractivity (Wildman–Crippen MR) is 167 cm³/mol. The number of Topliss-reactive ketones (excluding diaryl/α,β-unsaturated/α-hetero) is 2. The van der Waals surface area contributed by atoms with Crippen LogP contribution in [-0.2, 0) is 23.5 Å². The van der Waals surface area contributed by atoms with Gasteiger partial charge in [-0.2, -0.15) is 0 Å². The number of allylic oxidation sites excluding steroid dienone is 1. The summed E-state index contributed by atoms with van der Waals surface area (Å²) in [5.74, 6) is -1.69. The third kappa shape index (κ3) is 4.58. The number of esters is 1. The third-order valence-electron chi connectivity index (χ3n) is 12.0. The summed E-state index contributed by atoms with van der Waals surface area (Å²) in [6.07, 6.45) is 8.09. The summed E-state index contributed by atoms with van der Waals surface area (Å²) >= 11 is 0. The number of hydrogen-bond acceptors (Lipinski definition) is 7. The van der Waals surface area contributed by atoms with Gasteiger partial charge < -0.3 is 19.6 Å². The van der Waals surface area contributed by atoms with Crippen LogP contribution in [0.5, 0.6) is 0 Å². The molecule has 1 unspecified atom stereocenters. The standard InChI is InChI=1S/C35H47NO6Si/c1-21(37)28(36)24-20-34-17-18-35(42-34)23(19-25(34)30(29(24)38)40-31(39)22-11-9-8-10-12-22)15-16-33(5)26(35)13-14-27(33)41-43(6,7)32(2,3)4/h8-12,15,19,24,26-28,30H,13-14,16-18,20,36H2,1-7H3/t24-,26-,27+,28?,30-,33+,34-,35-/m1/s1. The second-order valence-corrected chi connectivity index (χ2v) is 20.2. The molecule has 2 bridgehead atoms. The fourth-order valence-corrected chi connectivity index (χ4v) is 9.93. The maximum atomic E-state index is 14.0. The van der Waals surface area contributed by atoms with E-state index in [9.17, 15) is 14.4 Å². The van der Waals surface area contributed by atoms with Gasteiger partial charge in [0.25, 0.3) is 0 Å². The summed E-state index contributed by atoms with van der Waals surface area (Å²) in [7, 11) is -1.99. The van der Waals surface area contributed by atoms with Crippen molar-refractivity contribution >= 4 is 25.9 Å². The lowest BCUT2D eigenvalue weighted by atomic mass is 9.60. The molecule has 43 heavy (non-hydrogen) atoms. The third-order valence-corrected chi connectivity index (χ3v) is 16.5. The van der Waals surface area contributed by atoms with Crippen molar-refractivity contribution in [2.75, 3.05) is 0 Å². The Morgan fingerprint density at radius 3 is 2.47 bits per heavy atom. The Bertz CT molecular complexity index is 1410. The van der Waals surface area contributed by atoms with Crippen LogP contribution < -0.4 is 5.73 Å². The zero-order valence-corrected chi connectivity index (χ0v) is 27.7. The zero-order chi connectivity index (χ0) is 31.2. The molecule has 0 amide bonds. The number of benzene rings is 1. The summed E-state index contributed by atoms with van der Waals surface area (Å²) in [6, 6.07) is 7.70. The zero-order valence-electron chi connectivity index (χ0n) is 26.7. The lowest BCUT2D eigenvalue weighted by molar-refractivity contribution is -0.164. The summed E-state index contributed by atoms with van der Waals surface area (Å²) in [5.41, 5.74) is 7.14. The van der Waals surface area contributed by atoms with Gasteiger partial charge in [0.05, 0.1) is 28.9 Å². The first kappa shape index (κ1) is 30.6. The van der Waals surface area contributed by atoms with E-state index >= 15 is 0 Å². The van der Waals surface area contributed by atoms with Gasteiger partial charge in [-0.15, -0.1) is 0 Å². The van der Waals surface area contributed by atoms with Gasteiger partial charge in [0.1, 0.15) is 5.78 Å². The van der Waals surface area contributed by atoms with Crippen LogP contribution >= 0.6 is 0 Å². The highest BCUT2D eigenvalue weighted by molar-refractivity contribution is 6.74. The Morgan fingerprint density at radius 1 is 1.12 bits per heavy atom. The molecule has 1 aromatic rings. The molecule has 2 heterocycles. The molecule has 3 aliphatic carbocycles. The monoisotopic (exact) mass is 605 g/mol. The smallest absolute Gasteiger partial charge is 0.339 e. The largest absolute Gasteiger partial charge is 0.446 e. The normalized spacial score (nSPS) is 37.4. The molecule has 8 heteroatoms. The highest BCUT2D eigenvalue weighted by atomic mass is 28.4. The van der Waals surface area contributed by atoms with Gasteiger partial charge >= 0.3 is 5.97 Å². The molecule has 2 saturated carbocycles. The highest BCUT2D eigenvalue weighted by Crippen LogP contribution is 2.67. The van der Waals surface area contributed by atoms with E-state index in [1.807, 2.05) is 6.07 Å². The van der Waals surface area contributed by atoms with Crippen molar-refractivity contribution in [3.05, 3.63) is 59.2 Å². The number of ketones is 2. The Labute approximate surface area is 256 Å². The first-order valence-electron chi connectivity index (χ1n) is 15.9. The number of hydrogen-bond donors (Lipinski definition) is 1. The minimum atomic E-state index is -1.99. The minimum absolute atomic E-state index is 0.0747. The Kier molecular flexibility index (Phi) is 7.16. The van der Waals surface area contributed by atoms with Gasteiger partial charge in [-0.25, -0.2) is 4.79 Å². The van der Waals surface area contributed by atoms with E-state index in [4.69, 9.17) is 19.6 Å². The van der Waals surface area contributed by atoms with Gasteiger partial charge in [0.15, 0.2) is 20.2 Å². The molecule has 0 aromatic heterocycles. The second kappa shape index (κ2) is 10.1. The van der Waals surface area contributed by atoms with E-state index in [0.717, 1.165) is 31.3 Å². The molecule has 5 aliphatic rings. The molecule has 232 valence electrons. The molecule has 0 radical (unpaired) electrons. The second-order valence-electron chi connectivity index (χ2n) is 15.5. The number of carbonyl (C=O) groups is 3. The molecule has 1 saturated heterocycles. The van der Waals surface area contributed by atoms with Crippen LogP contribution in [0.1, 0.15) is 83.5 Å². The van der Waals surface area contributed by atoms with E-state index in [-0.39, 0.29) is 34.0 Å². The van der Waals surface area contributed by atoms with E-state index in [1.165, 1.54) is 6.92 Å². The summed E-state index contributed by atoms with van der Waals surface area (Å²) in [5, 5.41) is 0.122. The number of fused-ring (bicyclic) bond motifs is 1. The Hall–Kier alpha value is -2.39. The molecule has 2 aliphatic heterocycles. The van der Waals surface area contributed by atoms with Gasteiger partial charge in [-0.3, -0.25) is 9.59 Å². The maximum Gasteiger partial charge on any atom is 0.339 e. The van der Waals surface area contributed by atoms with Gasteiger partial charge in [-0.1, -0.05) is 58.0 Å². The van der Waals surface area contributed by atoms with Gasteiger partial charge in [0, 0.05) is 22.8 Å². The van der Waals surface area contributed by atoms with Crippen LogP contribution in [0.2, 0.25) is 18.1 Å². The fraction of sp³-hybridized carbons (Fsp3) is 0.629. The van der Waals surface area contributed by atoms with Crippen molar-refractivity contribution < 1.29 is 28.3 Å². The van der Waals surface area contributed by atoms with Crippen LogP contribution in [-0.4, -0.2) is 55.3 Å². The molecule has 8 atom stereocenters. The lowest BCUT2D eigenvalue weighted by Gasteiger charge is -2.55. The first-order valence-corrected chi connectivity index (χ1v) is 18.8. The van der Waals surface area contributed by atoms with E-state index in [0.29, 0.717) is 24.0 Å². The van der Waals surface area contributed by atoms with Crippen molar-refractivity contribution in [2.24, 2.45) is 23.0 Å². The number of nitrogens with two attached hydrogens (primary N) is 1. The Balaban J connectivity index is 1.39. The summed E-state index contributed by atoms with van der Waals surface area (Å²) in [6.45, 7) is 15.3. The highest BCUT2D eigenvalue weighted by Gasteiger charge is 2.69. The summed E-state index contributed by atoms with van der Waals surface area (Å²) in [4.78, 5) is 39.7. The number of carbonyl (C=O) groups excluding carboxylic acids is 3.